The van der Waals surface area contributed by atoms with E-state index in [1.165, 1.54) is 16.9 Å². The number of ether oxygens (including phenoxy) is 1. The topological polar surface area (TPSA) is 88.2 Å². The molecule has 1 aromatic heterocycles. The van der Waals surface area contributed by atoms with Gasteiger partial charge in [0.2, 0.25) is 4.80 Å². The lowest BCUT2D eigenvalue weighted by molar-refractivity contribution is -0.118. The van der Waals surface area contributed by atoms with Crippen LogP contribution in [0.5, 0.6) is 11.5 Å². The molecule has 2 N–H and O–H groups in total. The average Bonchev–Trinajstić information content (AvgIpc) is 3.26. The zero-order valence-corrected chi connectivity index (χ0v) is 21.1. The van der Waals surface area contributed by atoms with Crippen LogP contribution in [0.2, 0.25) is 0 Å². The molecule has 0 fully saturated rings. The molecule has 0 saturated carbocycles. The van der Waals surface area contributed by atoms with Gasteiger partial charge < -0.3 is 15.2 Å². The summed E-state index contributed by atoms with van der Waals surface area (Å²) in [5, 5.41) is 19.7. The van der Waals surface area contributed by atoms with Gasteiger partial charge in [-0.1, -0.05) is 24.6 Å². The van der Waals surface area contributed by atoms with Gasteiger partial charge in [-0.05, 0) is 79.9 Å². The molecule has 8 heteroatoms. The fourth-order valence-corrected chi connectivity index (χ4v) is 4.90. The minimum Gasteiger partial charge on any atom is -0.508 e. The second-order valence-electron chi connectivity index (χ2n) is 8.61. The van der Waals surface area contributed by atoms with Gasteiger partial charge in [-0.25, -0.2) is 9.67 Å². The van der Waals surface area contributed by atoms with Crippen LogP contribution in [-0.4, -0.2) is 28.0 Å². The highest BCUT2D eigenvalue weighted by atomic mass is 32.1. The van der Waals surface area contributed by atoms with Crippen molar-refractivity contribution < 1.29 is 14.6 Å². The molecule has 1 aliphatic heterocycles. The fourth-order valence-electron chi connectivity index (χ4n) is 4.06. The van der Waals surface area contributed by atoms with Crippen LogP contribution in [0.3, 0.4) is 0 Å². The van der Waals surface area contributed by atoms with Crippen LogP contribution in [0.1, 0.15) is 30.0 Å². The molecule has 0 atom stereocenters. The standard InChI is InChI=1S/C28H26N4O3S/c1-4-22(19-6-9-21(33)10-7-19)31-32-25(20-8-12-26-24(14-20)29-27(34)15-35-26)16-36-28(32)30-23-11-5-17(2)13-18(23)3/h5-14,16,33H,4,15H2,1-3H3,(H,29,34). The van der Waals surface area contributed by atoms with Gasteiger partial charge in [-0.2, -0.15) is 5.10 Å². The quantitative estimate of drug-likeness (QED) is 0.343. The number of hydrogen-bond donors (Lipinski definition) is 2. The maximum Gasteiger partial charge on any atom is 0.262 e. The number of nitrogens with one attached hydrogen (secondary N) is 1. The number of aromatic hydroxyl groups is 1. The minimum absolute atomic E-state index is 0.0144. The van der Waals surface area contributed by atoms with Crippen LogP contribution >= 0.6 is 11.3 Å². The van der Waals surface area contributed by atoms with E-state index in [2.05, 4.69) is 18.3 Å². The van der Waals surface area contributed by atoms with E-state index in [9.17, 15) is 9.90 Å². The molecule has 0 unspecified atom stereocenters. The third-order valence-electron chi connectivity index (χ3n) is 5.92. The number of carbonyl (C=O) groups excluding carboxylic acids is 1. The van der Waals surface area contributed by atoms with E-state index in [4.69, 9.17) is 14.8 Å². The van der Waals surface area contributed by atoms with E-state index in [0.717, 1.165) is 38.6 Å². The van der Waals surface area contributed by atoms with Crippen molar-refractivity contribution in [3.05, 3.63) is 87.5 Å². The van der Waals surface area contributed by atoms with Gasteiger partial charge in [0.1, 0.15) is 11.5 Å². The Morgan fingerprint density at radius 1 is 1.11 bits per heavy atom. The number of hydrogen-bond acceptors (Lipinski definition) is 6. The summed E-state index contributed by atoms with van der Waals surface area (Å²) < 4.78 is 7.38. The summed E-state index contributed by atoms with van der Waals surface area (Å²) in [7, 11) is 0. The lowest BCUT2D eigenvalue weighted by Crippen LogP contribution is -2.25. The number of fused-ring (bicyclic) bond motifs is 1. The second kappa shape index (κ2) is 9.83. The van der Waals surface area contributed by atoms with Gasteiger partial charge >= 0.3 is 0 Å². The molecule has 4 aromatic rings. The molecule has 0 saturated heterocycles. The summed E-state index contributed by atoms with van der Waals surface area (Å²) in [6.45, 7) is 6.17. The molecule has 2 heterocycles. The van der Waals surface area contributed by atoms with Gasteiger partial charge in [-0.3, -0.25) is 4.79 Å². The molecule has 0 bridgehead atoms. The smallest absolute Gasteiger partial charge is 0.262 e. The van der Waals surface area contributed by atoms with Crippen LogP contribution < -0.4 is 14.9 Å². The van der Waals surface area contributed by atoms with Crippen molar-refractivity contribution in [1.29, 1.82) is 0 Å². The largest absolute Gasteiger partial charge is 0.508 e. The number of rotatable bonds is 5. The van der Waals surface area contributed by atoms with E-state index < -0.39 is 0 Å². The van der Waals surface area contributed by atoms with Gasteiger partial charge in [0.05, 0.1) is 22.8 Å². The normalized spacial score (nSPS) is 13.8. The zero-order chi connectivity index (χ0) is 25.2. The summed E-state index contributed by atoms with van der Waals surface area (Å²) in [6, 6.07) is 18.9. The molecule has 36 heavy (non-hydrogen) atoms. The summed E-state index contributed by atoms with van der Waals surface area (Å²) in [5.74, 6) is 0.672. The predicted molar refractivity (Wildman–Crippen MR) is 143 cm³/mol. The van der Waals surface area contributed by atoms with Crippen molar-refractivity contribution >= 4 is 34.3 Å². The van der Waals surface area contributed by atoms with Crippen molar-refractivity contribution in [1.82, 2.24) is 4.68 Å². The number of aryl methyl sites for hydroxylation is 2. The Morgan fingerprint density at radius 3 is 2.67 bits per heavy atom. The van der Waals surface area contributed by atoms with E-state index in [1.54, 1.807) is 12.1 Å². The molecule has 3 aromatic carbocycles. The number of thiazole rings is 1. The van der Waals surface area contributed by atoms with Crippen LogP contribution in [0.15, 0.2) is 76.1 Å². The predicted octanol–water partition coefficient (Wildman–Crippen LogP) is 5.76. The molecular weight excluding hydrogens is 472 g/mol. The summed E-state index contributed by atoms with van der Waals surface area (Å²) in [5.41, 5.74) is 7.28. The minimum atomic E-state index is -0.179. The molecule has 0 radical (unpaired) electrons. The van der Waals surface area contributed by atoms with Gasteiger partial charge in [0.25, 0.3) is 5.91 Å². The van der Waals surface area contributed by atoms with E-state index in [-0.39, 0.29) is 18.3 Å². The van der Waals surface area contributed by atoms with E-state index >= 15 is 0 Å². The van der Waals surface area contributed by atoms with Crippen molar-refractivity contribution in [3.63, 3.8) is 0 Å². The Bertz CT molecular complexity index is 1550. The fraction of sp³-hybridized carbons (Fsp3) is 0.179. The second-order valence-corrected chi connectivity index (χ2v) is 9.45. The Hall–Kier alpha value is -4.17. The first-order valence-electron chi connectivity index (χ1n) is 11.7. The monoisotopic (exact) mass is 498 g/mol. The van der Waals surface area contributed by atoms with Crippen molar-refractivity contribution in [2.75, 3.05) is 11.9 Å². The first-order valence-corrected chi connectivity index (χ1v) is 12.6. The van der Waals surface area contributed by atoms with Crippen LogP contribution in [0.4, 0.5) is 11.4 Å². The SMILES string of the molecule is CCC(=Nn1c(-c2ccc3c(c2)NC(=O)CO3)csc1=Nc1ccc(C)cc1C)c1ccc(O)cc1. The van der Waals surface area contributed by atoms with Crippen LogP contribution in [0.25, 0.3) is 11.3 Å². The molecular formula is C28H26N4O3S. The zero-order valence-electron chi connectivity index (χ0n) is 20.3. The summed E-state index contributed by atoms with van der Waals surface area (Å²) in [6.07, 6.45) is 0.685. The highest BCUT2D eigenvalue weighted by molar-refractivity contribution is 7.07. The highest BCUT2D eigenvalue weighted by Gasteiger charge is 2.18. The molecule has 5 rings (SSSR count). The van der Waals surface area contributed by atoms with Crippen LogP contribution in [0, 0.1) is 13.8 Å². The Labute approximate surface area is 213 Å². The third-order valence-corrected chi connectivity index (χ3v) is 6.73. The maximum atomic E-state index is 11.9. The van der Waals surface area contributed by atoms with Crippen molar-refractivity contribution in [2.24, 2.45) is 10.1 Å². The lowest BCUT2D eigenvalue weighted by Gasteiger charge is -2.18. The highest BCUT2D eigenvalue weighted by Crippen LogP contribution is 2.33. The summed E-state index contributed by atoms with van der Waals surface area (Å²) in [4.78, 5) is 17.6. The number of benzene rings is 3. The first-order chi connectivity index (χ1) is 17.4. The number of aromatic nitrogens is 1. The van der Waals surface area contributed by atoms with Crippen molar-refractivity contribution in [3.8, 4) is 22.8 Å². The van der Waals surface area contributed by atoms with Gasteiger partial charge in [-0.15, -0.1) is 11.3 Å². The van der Waals surface area contributed by atoms with E-state index in [0.29, 0.717) is 17.9 Å². The molecule has 182 valence electrons. The number of anilines is 1. The Morgan fingerprint density at radius 2 is 1.92 bits per heavy atom. The van der Waals surface area contributed by atoms with Gasteiger partial charge in [0.15, 0.2) is 6.61 Å². The maximum absolute atomic E-state index is 11.9. The number of phenols is 1. The lowest BCUT2D eigenvalue weighted by atomic mass is 10.1. The van der Waals surface area contributed by atoms with Gasteiger partial charge in [0, 0.05) is 10.9 Å². The number of carbonyl (C=O) groups is 1. The van der Waals surface area contributed by atoms with E-state index in [1.807, 2.05) is 66.4 Å². The molecule has 7 nitrogen and oxygen atoms in total. The molecule has 0 aliphatic carbocycles. The number of nitrogens with zero attached hydrogens (tertiary/aromatic N) is 3. The number of amides is 1. The molecule has 1 aliphatic rings. The number of phenolic OH excluding ortho intramolecular Hbond substituents is 1. The molecule has 0 spiro atoms. The Balaban J connectivity index is 1.70. The van der Waals surface area contributed by atoms with Crippen molar-refractivity contribution in [2.45, 2.75) is 27.2 Å². The van der Waals surface area contributed by atoms with Crippen LogP contribution in [-0.2, 0) is 4.79 Å². The third kappa shape index (κ3) is 4.81. The average molecular weight is 499 g/mol. The molecule has 1 amide bonds. The summed E-state index contributed by atoms with van der Waals surface area (Å²) >= 11 is 1.50. The Kier molecular flexibility index (Phi) is 6.43. The first kappa shape index (κ1) is 23.6.